The second-order valence-electron chi connectivity index (χ2n) is 9.23. The smallest absolute Gasteiger partial charge is 0.270 e. The number of pyridine rings is 3. The Morgan fingerprint density at radius 3 is 2.47 bits per heavy atom. The number of anilines is 1. The normalized spacial score (nSPS) is 16.7. The zero-order chi connectivity index (χ0) is 27.0. The maximum atomic E-state index is 15.0. The summed E-state index contributed by atoms with van der Waals surface area (Å²) in [5, 5.41) is 19.3. The maximum Gasteiger partial charge on any atom is 0.270 e. The van der Waals surface area contributed by atoms with Crippen LogP contribution in [0.15, 0.2) is 59.5 Å². The molecular weight excluding hydrogens is 488 g/mol. The summed E-state index contributed by atoms with van der Waals surface area (Å²) in [4.78, 5) is 25.8. The van der Waals surface area contributed by atoms with Gasteiger partial charge in [0.2, 0.25) is 0 Å². The zero-order valence-electron chi connectivity index (χ0n) is 20.8. The predicted octanol–water partition coefficient (Wildman–Crippen LogP) is 3.65. The SMILES string of the molecule is C[C@@H]1CN(c2c(C#N)c(=O)n(C)c3ccc(C#N)nc23)CCN1C(c1ccc(F)cc1)c1ncccc1F. The van der Waals surface area contributed by atoms with Gasteiger partial charge >= 0.3 is 0 Å². The quantitative estimate of drug-likeness (QED) is 0.412. The van der Waals surface area contributed by atoms with Gasteiger partial charge in [-0.05, 0) is 48.9 Å². The molecule has 2 atom stereocenters. The molecule has 1 fully saturated rings. The van der Waals surface area contributed by atoms with E-state index in [9.17, 15) is 24.1 Å². The van der Waals surface area contributed by atoms with Gasteiger partial charge in [-0.2, -0.15) is 10.5 Å². The molecule has 0 bridgehead atoms. The summed E-state index contributed by atoms with van der Waals surface area (Å²) in [5.74, 6) is -0.855. The van der Waals surface area contributed by atoms with E-state index in [4.69, 9.17) is 0 Å². The molecule has 1 saturated heterocycles. The lowest BCUT2D eigenvalue weighted by molar-refractivity contribution is 0.145. The van der Waals surface area contributed by atoms with Gasteiger partial charge in [0.15, 0.2) is 0 Å². The Morgan fingerprint density at radius 2 is 1.82 bits per heavy atom. The fraction of sp³-hybridized carbons (Fsp3) is 0.250. The monoisotopic (exact) mass is 511 g/mol. The highest BCUT2D eigenvalue weighted by atomic mass is 19.1. The van der Waals surface area contributed by atoms with Gasteiger partial charge < -0.3 is 9.47 Å². The van der Waals surface area contributed by atoms with Gasteiger partial charge in [0.1, 0.15) is 40.5 Å². The summed E-state index contributed by atoms with van der Waals surface area (Å²) in [6.45, 7) is 3.18. The molecule has 0 amide bonds. The van der Waals surface area contributed by atoms with E-state index in [2.05, 4.69) is 14.9 Å². The Morgan fingerprint density at radius 1 is 1.05 bits per heavy atom. The predicted molar refractivity (Wildman–Crippen MR) is 137 cm³/mol. The van der Waals surface area contributed by atoms with E-state index in [1.54, 1.807) is 25.2 Å². The van der Waals surface area contributed by atoms with E-state index in [-0.39, 0.29) is 23.0 Å². The highest BCUT2D eigenvalue weighted by Crippen LogP contribution is 2.35. The molecule has 1 aromatic carbocycles. The molecule has 0 radical (unpaired) electrons. The number of nitriles is 2. The summed E-state index contributed by atoms with van der Waals surface area (Å²) < 4.78 is 30.0. The van der Waals surface area contributed by atoms with Crippen LogP contribution in [0.2, 0.25) is 0 Å². The summed E-state index contributed by atoms with van der Waals surface area (Å²) >= 11 is 0. The minimum Gasteiger partial charge on any atom is -0.366 e. The first-order valence-corrected chi connectivity index (χ1v) is 12.0. The number of halogens is 2. The first kappa shape index (κ1) is 25.0. The van der Waals surface area contributed by atoms with Crippen LogP contribution < -0.4 is 10.5 Å². The Balaban J connectivity index is 1.58. The minimum absolute atomic E-state index is 0.0471. The molecule has 38 heavy (non-hydrogen) atoms. The molecule has 1 unspecified atom stereocenters. The third-order valence-electron chi connectivity index (χ3n) is 7.00. The van der Waals surface area contributed by atoms with Crippen molar-refractivity contribution in [1.82, 2.24) is 19.4 Å². The van der Waals surface area contributed by atoms with Crippen molar-refractivity contribution >= 4 is 16.7 Å². The molecule has 1 aliphatic rings. The number of fused-ring (bicyclic) bond motifs is 1. The van der Waals surface area contributed by atoms with Crippen LogP contribution in [0.4, 0.5) is 14.5 Å². The standard InChI is InChI=1S/C28H23F2N7O/c1-17-16-36(27-21(15-32)28(38)35(2)23-10-9-20(14-31)34-25(23)27)12-13-37(17)26(18-5-7-19(29)8-6-18)24-22(30)4-3-11-33-24/h3-11,17,26H,12-13,16H2,1-2H3/t17-,26?/m1/s1. The van der Waals surface area contributed by atoms with E-state index in [1.807, 2.05) is 24.0 Å². The van der Waals surface area contributed by atoms with E-state index in [0.717, 1.165) is 0 Å². The van der Waals surface area contributed by atoms with E-state index in [0.29, 0.717) is 41.9 Å². The van der Waals surface area contributed by atoms with Crippen molar-refractivity contribution in [2.24, 2.45) is 7.05 Å². The molecule has 4 aromatic rings. The van der Waals surface area contributed by atoms with Gasteiger partial charge in [0.25, 0.3) is 5.56 Å². The van der Waals surface area contributed by atoms with Crippen LogP contribution in [-0.4, -0.2) is 45.1 Å². The third kappa shape index (κ3) is 4.25. The van der Waals surface area contributed by atoms with Crippen LogP contribution >= 0.6 is 0 Å². The van der Waals surface area contributed by atoms with Crippen molar-refractivity contribution in [2.75, 3.05) is 24.5 Å². The van der Waals surface area contributed by atoms with Gasteiger partial charge in [0.05, 0.1) is 22.9 Å². The van der Waals surface area contributed by atoms with Crippen molar-refractivity contribution in [2.45, 2.75) is 19.0 Å². The number of piperazine rings is 1. The van der Waals surface area contributed by atoms with Gasteiger partial charge in [0, 0.05) is 38.9 Å². The molecule has 0 N–H and O–H groups in total. The highest BCUT2D eigenvalue weighted by molar-refractivity contribution is 5.92. The first-order chi connectivity index (χ1) is 18.3. The summed E-state index contributed by atoms with van der Waals surface area (Å²) in [5.41, 5.74) is 1.90. The van der Waals surface area contributed by atoms with Gasteiger partial charge in [-0.1, -0.05) is 12.1 Å². The summed E-state index contributed by atoms with van der Waals surface area (Å²) in [7, 11) is 1.57. The van der Waals surface area contributed by atoms with E-state index in [1.165, 1.54) is 41.1 Å². The molecule has 1 aliphatic heterocycles. The van der Waals surface area contributed by atoms with Gasteiger partial charge in [-0.25, -0.2) is 13.8 Å². The molecule has 190 valence electrons. The Hall–Kier alpha value is -4.67. The fourth-order valence-corrected chi connectivity index (χ4v) is 5.17. The van der Waals surface area contributed by atoms with Crippen LogP contribution in [0, 0.1) is 34.3 Å². The van der Waals surface area contributed by atoms with Crippen LogP contribution in [0.5, 0.6) is 0 Å². The molecule has 0 aliphatic carbocycles. The Kier molecular flexibility index (Phi) is 6.58. The van der Waals surface area contributed by atoms with Gasteiger partial charge in [-0.3, -0.25) is 14.7 Å². The first-order valence-electron chi connectivity index (χ1n) is 12.0. The van der Waals surface area contributed by atoms with Crippen molar-refractivity contribution in [3.8, 4) is 12.1 Å². The number of aryl methyl sites for hydroxylation is 1. The third-order valence-corrected chi connectivity index (χ3v) is 7.00. The largest absolute Gasteiger partial charge is 0.366 e. The van der Waals surface area contributed by atoms with Crippen LogP contribution in [0.25, 0.3) is 11.0 Å². The lowest BCUT2D eigenvalue weighted by Gasteiger charge is -2.45. The van der Waals surface area contributed by atoms with Crippen molar-refractivity contribution in [1.29, 1.82) is 10.5 Å². The average Bonchev–Trinajstić information content (AvgIpc) is 2.93. The second-order valence-corrected chi connectivity index (χ2v) is 9.23. The molecule has 0 saturated carbocycles. The van der Waals surface area contributed by atoms with Crippen molar-refractivity contribution in [3.05, 3.63) is 99.2 Å². The molecule has 3 aromatic heterocycles. The Labute approximate surface area is 217 Å². The van der Waals surface area contributed by atoms with Crippen molar-refractivity contribution < 1.29 is 8.78 Å². The Bertz CT molecular complexity index is 1670. The lowest BCUT2D eigenvalue weighted by Crippen LogP contribution is -2.54. The number of hydrogen-bond acceptors (Lipinski definition) is 7. The average molecular weight is 512 g/mol. The zero-order valence-corrected chi connectivity index (χ0v) is 20.8. The number of benzene rings is 1. The maximum absolute atomic E-state index is 15.0. The second kappa shape index (κ2) is 10.0. The topological polar surface area (TPSA) is 102 Å². The molecule has 8 nitrogen and oxygen atoms in total. The number of rotatable bonds is 4. The van der Waals surface area contributed by atoms with Crippen molar-refractivity contribution in [3.63, 3.8) is 0 Å². The molecule has 5 rings (SSSR count). The summed E-state index contributed by atoms with van der Waals surface area (Å²) in [6.07, 6.45) is 1.53. The van der Waals surface area contributed by atoms with E-state index >= 15 is 0 Å². The minimum atomic E-state index is -0.576. The number of nitrogens with zero attached hydrogens (tertiary/aromatic N) is 7. The highest BCUT2D eigenvalue weighted by Gasteiger charge is 2.35. The molecule has 0 spiro atoms. The van der Waals surface area contributed by atoms with E-state index < -0.39 is 23.2 Å². The van der Waals surface area contributed by atoms with Crippen LogP contribution in [-0.2, 0) is 7.05 Å². The summed E-state index contributed by atoms with van der Waals surface area (Å²) in [6, 6.07) is 15.3. The van der Waals surface area contributed by atoms with Gasteiger partial charge in [-0.15, -0.1) is 0 Å². The lowest BCUT2D eigenvalue weighted by atomic mass is 9.97. The number of aromatic nitrogens is 3. The molecule has 10 heteroatoms. The fourth-order valence-electron chi connectivity index (χ4n) is 5.17. The molecular formula is C28H23F2N7O. The van der Waals surface area contributed by atoms with Crippen LogP contribution in [0.1, 0.15) is 35.5 Å². The number of hydrogen-bond donors (Lipinski definition) is 0. The van der Waals surface area contributed by atoms with Crippen LogP contribution in [0.3, 0.4) is 0 Å². The molecule has 4 heterocycles.